The fraction of sp³-hybridized carbons (Fsp3) is 0.538. The highest BCUT2D eigenvalue weighted by atomic mass is 16.3. The quantitative estimate of drug-likeness (QED) is 0.477. The summed E-state index contributed by atoms with van der Waals surface area (Å²) in [5, 5.41) is 12.7. The minimum Gasteiger partial charge on any atom is -0.396 e. The predicted molar refractivity (Wildman–Crippen MR) is 77.2 cm³/mol. The maximum absolute atomic E-state index is 9.37. The largest absolute Gasteiger partial charge is 0.396 e. The number of nitrogens with two attached hydrogens (primary N) is 1. The Morgan fingerprint density at radius 3 is 3.05 bits per heavy atom. The summed E-state index contributed by atoms with van der Waals surface area (Å²) < 4.78 is 1.88. The van der Waals surface area contributed by atoms with E-state index in [-0.39, 0.29) is 6.61 Å². The monoisotopic (exact) mass is 276 g/mol. The van der Waals surface area contributed by atoms with Crippen LogP contribution in [-0.4, -0.2) is 32.6 Å². The Morgan fingerprint density at radius 1 is 1.40 bits per heavy atom. The lowest BCUT2D eigenvalue weighted by atomic mass is 9.97. The number of hydrogen-bond donors (Lipinski definition) is 4. The summed E-state index contributed by atoms with van der Waals surface area (Å²) >= 11 is 0. The number of nitrogen functional groups attached to an aromatic ring is 1. The van der Waals surface area contributed by atoms with Gasteiger partial charge in [-0.2, -0.15) is 0 Å². The molecule has 1 aliphatic rings. The number of rotatable bonds is 5. The number of fused-ring (bicyclic) bond motifs is 1. The smallest absolute Gasteiger partial charge is 0.180 e. The van der Waals surface area contributed by atoms with Crippen LogP contribution < -0.4 is 16.6 Å². The van der Waals surface area contributed by atoms with Gasteiger partial charge in [-0.1, -0.05) is 6.42 Å². The zero-order valence-electron chi connectivity index (χ0n) is 11.3. The second-order valence-electron chi connectivity index (χ2n) is 5.29. The van der Waals surface area contributed by atoms with Gasteiger partial charge in [0.2, 0.25) is 0 Å². The number of hydrogen-bond acceptors (Lipinski definition) is 6. The molecule has 1 aliphatic carbocycles. The summed E-state index contributed by atoms with van der Waals surface area (Å²) in [7, 11) is 0. The Kier molecular flexibility index (Phi) is 3.70. The SMILES string of the molecule is NNc1cn2ccnc2c(NCC2CCCC2CO)n1. The first-order chi connectivity index (χ1) is 9.81. The van der Waals surface area contributed by atoms with Gasteiger partial charge in [0.25, 0.3) is 0 Å². The lowest BCUT2D eigenvalue weighted by Crippen LogP contribution is -2.22. The molecule has 2 aromatic heterocycles. The maximum atomic E-state index is 9.37. The van der Waals surface area contributed by atoms with Crippen LogP contribution >= 0.6 is 0 Å². The van der Waals surface area contributed by atoms with Crippen LogP contribution in [0.4, 0.5) is 11.6 Å². The summed E-state index contributed by atoms with van der Waals surface area (Å²) in [5.74, 6) is 7.63. The van der Waals surface area contributed by atoms with Crippen molar-refractivity contribution in [2.24, 2.45) is 17.7 Å². The van der Waals surface area contributed by atoms with Gasteiger partial charge >= 0.3 is 0 Å². The van der Waals surface area contributed by atoms with Gasteiger partial charge in [0.15, 0.2) is 17.3 Å². The summed E-state index contributed by atoms with van der Waals surface area (Å²) in [6.45, 7) is 1.07. The molecule has 0 radical (unpaired) electrons. The highest BCUT2D eigenvalue weighted by Crippen LogP contribution is 2.31. The molecule has 1 saturated carbocycles. The van der Waals surface area contributed by atoms with Crippen molar-refractivity contribution in [3.05, 3.63) is 18.6 Å². The van der Waals surface area contributed by atoms with Crippen LogP contribution in [0.25, 0.3) is 5.65 Å². The molecule has 0 spiro atoms. The standard InChI is InChI=1S/C13H20N6O/c14-18-11-7-19-5-4-15-13(19)12(17-11)16-6-9-2-1-3-10(9)8-20/h4-5,7,9-10,18,20H,1-3,6,8,14H2,(H,16,17). The Morgan fingerprint density at radius 2 is 2.25 bits per heavy atom. The molecular weight excluding hydrogens is 256 g/mol. The first-order valence-electron chi connectivity index (χ1n) is 6.97. The fourth-order valence-electron chi connectivity index (χ4n) is 2.97. The first kappa shape index (κ1) is 13.1. The van der Waals surface area contributed by atoms with E-state index in [0.29, 0.717) is 23.5 Å². The van der Waals surface area contributed by atoms with Gasteiger partial charge in [0, 0.05) is 25.5 Å². The zero-order chi connectivity index (χ0) is 13.9. The maximum Gasteiger partial charge on any atom is 0.180 e. The van der Waals surface area contributed by atoms with Crippen molar-refractivity contribution >= 4 is 17.3 Å². The van der Waals surface area contributed by atoms with E-state index in [2.05, 4.69) is 20.7 Å². The molecule has 2 unspecified atom stereocenters. The second kappa shape index (κ2) is 5.64. The minimum absolute atomic E-state index is 0.267. The third-order valence-electron chi connectivity index (χ3n) is 4.10. The van der Waals surface area contributed by atoms with Gasteiger partial charge in [0.1, 0.15) is 0 Å². The number of nitrogens with one attached hydrogen (secondary N) is 2. The zero-order valence-corrected chi connectivity index (χ0v) is 11.3. The van der Waals surface area contributed by atoms with Crippen LogP contribution in [0, 0.1) is 11.8 Å². The van der Waals surface area contributed by atoms with E-state index < -0.39 is 0 Å². The van der Waals surface area contributed by atoms with E-state index in [4.69, 9.17) is 5.84 Å². The predicted octanol–water partition coefficient (Wildman–Crippen LogP) is 0.835. The first-order valence-corrected chi connectivity index (χ1v) is 6.97. The highest BCUT2D eigenvalue weighted by Gasteiger charge is 2.26. The Bertz CT molecular complexity index is 583. The molecule has 108 valence electrons. The van der Waals surface area contributed by atoms with Crippen LogP contribution in [0.1, 0.15) is 19.3 Å². The number of aromatic nitrogens is 3. The van der Waals surface area contributed by atoms with E-state index in [0.717, 1.165) is 25.0 Å². The van der Waals surface area contributed by atoms with Crippen molar-refractivity contribution in [1.29, 1.82) is 0 Å². The molecule has 5 N–H and O–H groups in total. The van der Waals surface area contributed by atoms with E-state index in [1.54, 1.807) is 12.4 Å². The Hall–Kier alpha value is -1.86. The molecule has 3 rings (SSSR count). The van der Waals surface area contributed by atoms with E-state index >= 15 is 0 Å². The number of imidazole rings is 1. The van der Waals surface area contributed by atoms with Crippen molar-refractivity contribution < 1.29 is 5.11 Å². The van der Waals surface area contributed by atoms with Gasteiger partial charge in [-0.05, 0) is 24.7 Å². The molecule has 0 aromatic carbocycles. The molecule has 2 heterocycles. The summed E-state index contributed by atoms with van der Waals surface area (Å²) in [5.41, 5.74) is 3.34. The number of hydrazine groups is 1. The molecule has 7 nitrogen and oxygen atoms in total. The second-order valence-corrected chi connectivity index (χ2v) is 5.29. The van der Waals surface area contributed by atoms with Crippen LogP contribution in [0.2, 0.25) is 0 Å². The van der Waals surface area contributed by atoms with Gasteiger partial charge in [-0.3, -0.25) is 0 Å². The minimum atomic E-state index is 0.267. The molecule has 2 atom stereocenters. The average Bonchev–Trinajstić information content (AvgIpc) is 3.12. The lowest BCUT2D eigenvalue weighted by Gasteiger charge is -2.18. The molecule has 0 bridgehead atoms. The molecule has 0 saturated heterocycles. The van der Waals surface area contributed by atoms with Crippen LogP contribution in [0.15, 0.2) is 18.6 Å². The van der Waals surface area contributed by atoms with Crippen molar-refractivity contribution in [1.82, 2.24) is 14.4 Å². The average molecular weight is 276 g/mol. The third kappa shape index (κ3) is 2.41. The van der Waals surface area contributed by atoms with E-state index in [1.807, 2.05) is 10.6 Å². The lowest BCUT2D eigenvalue weighted by molar-refractivity contribution is 0.199. The topological polar surface area (TPSA) is 100 Å². The van der Waals surface area contributed by atoms with Crippen molar-refractivity contribution in [3.63, 3.8) is 0 Å². The van der Waals surface area contributed by atoms with Crippen LogP contribution in [0.3, 0.4) is 0 Å². The molecule has 1 fully saturated rings. The number of aliphatic hydroxyl groups is 1. The Labute approximate surface area is 117 Å². The van der Waals surface area contributed by atoms with Gasteiger partial charge in [-0.25, -0.2) is 15.8 Å². The number of nitrogens with zero attached hydrogens (tertiary/aromatic N) is 3. The molecular formula is C13H20N6O. The molecule has 0 aliphatic heterocycles. The van der Waals surface area contributed by atoms with Gasteiger partial charge in [0.05, 0.1) is 6.20 Å². The number of aliphatic hydroxyl groups excluding tert-OH is 1. The summed E-state index contributed by atoms with van der Waals surface area (Å²) in [6.07, 6.45) is 8.83. The molecule has 20 heavy (non-hydrogen) atoms. The van der Waals surface area contributed by atoms with Gasteiger partial charge < -0.3 is 20.2 Å². The van der Waals surface area contributed by atoms with Crippen molar-refractivity contribution in [2.75, 3.05) is 23.9 Å². The normalized spacial score (nSPS) is 22.3. The van der Waals surface area contributed by atoms with Crippen molar-refractivity contribution in [2.45, 2.75) is 19.3 Å². The van der Waals surface area contributed by atoms with Crippen molar-refractivity contribution in [3.8, 4) is 0 Å². The van der Waals surface area contributed by atoms with Crippen LogP contribution in [0.5, 0.6) is 0 Å². The molecule has 7 heteroatoms. The summed E-state index contributed by atoms with van der Waals surface area (Å²) in [6, 6.07) is 0. The van der Waals surface area contributed by atoms with E-state index in [1.165, 1.54) is 6.42 Å². The van der Waals surface area contributed by atoms with Gasteiger partial charge in [-0.15, -0.1) is 0 Å². The highest BCUT2D eigenvalue weighted by molar-refractivity contribution is 5.65. The molecule has 2 aromatic rings. The Balaban J connectivity index is 1.78. The summed E-state index contributed by atoms with van der Waals surface area (Å²) in [4.78, 5) is 8.71. The number of anilines is 2. The van der Waals surface area contributed by atoms with E-state index in [9.17, 15) is 5.11 Å². The molecule has 0 amide bonds. The third-order valence-corrected chi connectivity index (χ3v) is 4.10. The fourth-order valence-corrected chi connectivity index (χ4v) is 2.97. The van der Waals surface area contributed by atoms with Crippen LogP contribution in [-0.2, 0) is 0 Å².